The molecule has 2 nitrogen and oxygen atoms in total. The van der Waals surface area contributed by atoms with Gasteiger partial charge in [-0.25, -0.2) is 0 Å². The summed E-state index contributed by atoms with van der Waals surface area (Å²) in [4.78, 5) is 2.05. The van der Waals surface area contributed by atoms with Crippen LogP contribution in [0.5, 0.6) is 0 Å². The Labute approximate surface area is 121 Å². The minimum Gasteiger partial charge on any atom is -0.388 e. The van der Waals surface area contributed by atoms with Gasteiger partial charge in [0.15, 0.2) is 0 Å². The van der Waals surface area contributed by atoms with Crippen LogP contribution in [0.3, 0.4) is 0 Å². The lowest BCUT2D eigenvalue weighted by Gasteiger charge is -2.17. The number of aliphatic hydroxyl groups is 1. The molecule has 2 heteroatoms. The molecule has 0 aliphatic rings. The molecule has 0 fully saturated rings. The first-order valence-corrected chi connectivity index (χ1v) is 6.99. The molecule has 106 valence electrons. The molecule has 1 atom stereocenters. The van der Waals surface area contributed by atoms with Gasteiger partial charge in [0.05, 0.1) is 6.10 Å². The van der Waals surface area contributed by atoms with E-state index in [0.29, 0.717) is 6.42 Å². The number of anilines is 1. The Morgan fingerprint density at radius 2 is 1.80 bits per heavy atom. The quantitative estimate of drug-likeness (QED) is 0.916. The molecule has 0 aliphatic heterocycles. The maximum atomic E-state index is 10.5. The predicted molar refractivity (Wildman–Crippen MR) is 85.3 cm³/mol. The van der Waals surface area contributed by atoms with Gasteiger partial charge in [-0.1, -0.05) is 35.9 Å². The standard InChI is InChI=1S/C18H23NO/c1-13-8-9-14(2)16(10-13)12-18(20)15-6-5-7-17(11-15)19(3)4/h5-11,18,20H,12H2,1-4H3. The van der Waals surface area contributed by atoms with E-state index in [0.717, 1.165) is 11.3 Å². The largest absolute Gasteiger partial charge is 0.388 e. The molecule has 0 radical (unpaired) electrons. The summed E-state index contributed by atoms with van der Waals surface area (Å²) in [6, 6.07) is 14.5. The minimum atomic E-state index is -0.463. The van der Waals surface area contributed by atoms with Crippen molar-refractivity contribution in [3.63, 3.8) is 0 Å². The van der Waals surface area contributed by atoms with Crippen LogP contribution in [-0.4, -0.2) is 19.2 Å². The van der Waals surface area contributed by atoms with Crippen molar-refractivity contribution in [2.45, 2.75) is 26.4 Å². The summed E-state index contributed by atoms with van der Waals surface area (Å²) < 4.78 is 0. The molecule has 20 heavy (non-hydrogen) atoms. The van der Waals surface area contributed by atoms with Crippen molar-refractivity contribution in [1.82, 2.24) is 0 Å². The zero-order valence-corrected chi connectivity index (χ0v) is 12.7. The van der Waals surface area contributed by atoms with Crippen molar-refractivity contribution >= 4 is 5.69 Å². The molecule has 1 N–H and O–H groups in total. The average molecular weight is 269 g/mol. The molecule has 0 bridgehead atoms. The smallest absolute Gasteiger partial charge is 0.0831 e. The summed E-state index contributed by atoms with van der Waals surface area (Å²) in [5.74, 6) is 0. The Balaban J connectivity index is 2.21. The van der Waals surface area contributed by atoms with Gasteiger partial charge in [-0.05, 0) is 42.7 Å². The molecule has 0 amide bonds. The molecule has 2 aromatic rings. The van der Waals surface area contributed by atoms with Crippen LogP contribution >= 0.6 is 0 Å². The summed E-state index contributed by atoms with van der Waals surface area (Å²) in [6.07, 6.45) is 0.195. The van der Waals surface area contributed by atoms with Crippen molar-refractivity contribution in [3.05, 3.63) is 64.7 Å². The third kappa shape index (κ3) is 3.40. The fourth-order valence-electron chi connectivity index (χ4n) is 2.36. The van der Waals surface area contributed by atoms with Gasteiger partial charge in [-0.15, -0.1) is 0 Å². The van der Waals surface area contributed by atoms with E-state index in [4.69, 9.17) is 0 Å². The first-order chi connectivity index (χ1) is 9.47. The van der Waals surface area contributed by atoms with E-state index in [1.807, 2.05) is 37.2 Å². The SMILES string of the molecule is Cc1ccc(C)c(CC(O)c2cccc(N(C)C)c2)c1. The van der Waals surface area contributed by atoms with Gasteiger partial charge in [-0.2, -0.15) is 0 Å². The van der Waals surface area contributed by atoms with Crippen LogP contribution in [0.4, 0.5) is 5.69 Å². The number of benzene rings is 2. The van der Waals surface area contributed by atoms with E-state index in [1.165, 1.54) is 16.7 Å². The first-order valence-electron chi connectivity index (χ1n) is 6.99. The third-order valence-corrected chi connectivity index (χ3v) is 3.69. The number of hydrogen-bond donors (Lipinski definition) is 1. The molecular formula is C18H23NO. The zero-order chi connectivity index (χ0) is 14.7. The lowest BCUT2D eigenvalue weighted by atomic mass is 9.96. The average Bonchev–Trinajstić information content (AvgIpc) is 2.43. The van der Waals surface area contributed by atoms with Crippen LogP contribution in [0.2, 0.25) is 0 Å². The van der Waals surface area contributed by atoms with Gasteiger partial charge in [-0.3, -0.25) is 0 Å². The number of rotatable bonds is 4. The Morgan fingerprint density at radius 3 is 2.50 bits per heavy atom. The predicted octanol–water partition coefficient (Wildman–Crippen LogP) is 3.65. The van der Waals surface area contributed by atoms with Crippen molar-refractivity contribution < 1.29 is 5.11 Å². The van der Waals surface area contributed by atoms with Crippen LogP contribution in [0.25, 0.3) is 0 Å². The first kappa shape index (κ1) is 14.6. The van der Waals surface area contributed by atoms with Gasteiger partial charge in [0, 0.05) is 26.2 Å². The molecule has 2 aromatic carbocycles. The van der Waals surface area contributed by atoms with E-state index in [-0.39, 0.29) is 0 Å². The molecule has 0 saturated heterocycles. The normalized spacial score (nSPS) is 12.2. The second-order valence-corrected chi connectivity index (χ2v) is 5.64. The molecule has 0 saturated carbocycles. The van der Waals surface area contributed by atoms with E-state index in [2.05, 4.69) is 38.1 Å². The summed E-state index contributed by atoms with van der Waals surface area (Å²) in [7, 11) is 4.02. The van der Waals surface area contributed by atoms with Crippen LogP contribution < -0.4 is 4.90 Å². The molecule has 1 unspecified atom stereocenters. The lowest BCUT2D eigenvalue weighted by Crippen LogP contribution is -2.10. The fourth-order valence-corrected chi connectivity index (χ4v) is 2.36. The van der Waals surface area contributed by atoms with E-state index in [9.17, 15) is 5.11 Å². The molecule has 2 rings (SSSR count). The van der Waals surface area contributed by atoms with Gasteiger partial charge in [0.2, 0.25) is 0 Å². The monoisotopic (exact) mass is 269 g/mol. The zero-order valence-electron chi connectivity index (χ0n) is 12.7. The second-order valence-electron chi connectivity index (χ2n) is 5.64. The van der Waals surface area contributed by atoms with E-state index < -0.39 is 6.10 Å². The summed E-state index contributed by atoms with van der Waals surface area (Å²) >= 11 is 0. The van der Waals surface area contributed by atoms with Gasteiger partial charge < -0.3 is 10.0 Å². The molecule has 0 heterocycles. The highest BCUT2D eigenvalue weighted by Gasteiger charge is 2.11. The molecule has 0 aliphatic carbocycles. The maximum Gasteiger partial charge on any atom is 0.0831 e. The van der Waals surface area contributed by atoms with Crippen molar-refractivity contribution in [1.29, 1.82) is 0 Å². The Hall–Kier alpha value is -1.80. The molecular weight excluding hydrogens is 246 g/mol. The number of nitrogens with zero attached hydrogens (tertiary/aromatic N) is 1. The second kappa shape index (κ2) is 6.10. The Bertz CT molecular complexity index is 590. The Kier molecular flexibility index (Phi) is 4.46. The summed E-state index contributed by atoms with van der Waals surface area (Å²) in [5.41, 5.74) is 5.77. The van der Waals surface area contributed by atoms with Crippen molar-refractivity contribution in [2.24, 2.45) is 0 Å². The van der Waals surface area contributed by atoms with Gasteiger partial charge in [0.1, 0.15) is 0 Å². The van der Waals surface area contributed by atoms with Crippen LogP contribution in [0, 0.1) is 13.8 Å². The minimum absolute atomic E-state index is 0.463. The number of hydrogen-bond acceptors (Lipinski definition) is 2. The maximum absolute atomic E-state index is 10.5. The third-order valence-electron chi connectivity index (χ3n) is 3.69. The summed E-state index contributed by atoms with van der Waals surface area (Å²) in [6.45, 7) is 4.18. The van der Waals surface area contributed by atoms with Gasteiger partial charge >= 0.3 is 0 Å². The Morgan fingerprint density at radius 1 is 1.05 bits per heavy atom. The fraction of sp³-hybridized carbons (Fsp3) is 0.333. The van der Waals surface area contributed by atoms with Crippen LogP contribution in [0.15, 0.2) is 42.5 Å². The summed E-state index contributed by atoms with van der Waals surface area (Å²) in [5, 5.41) is 10.5. The molecule has 0 aromatic heterocycles. The highest BCUT2D eigenvalue weighted by atomic mass is 16.3. The van der Waals surface area contributed by atoms with Crippen molar-refractivity contribution in [2.75, 3.05) is 19.0 Å². The molecule has 0 spiro atoms. The van der Waals surface area contributed by atoms with E-state index >= 15 is 0 Å². The van der Waals surface area contributed by atoms with Crippen LogP contribution in [0.1, 0.15) is 28.4 Å². The lowest BCUT2D eigenvalue weighted by molar-refractivity contribution is 0.178. The highest BCUT2D eigenvalue weighted by molar-refractivity contribution is 5.48. The number of aryl methyl sites for hydroxylation is 2. The van der Waals surface area contributed by atoms with E-state index in [1.54, 1.807) is 0 Å². The topological polar surface area (TPSA) is 23.5 Å². The van der Waals surface area contributed by atoms with Gasteiger partial charge in [0.25, 0.3) is 0 Å². The number of aliphatic hydroxyl groups excluding tert-OH is 1. The van der Waals surface area contributed by atoms with Crippen molar-refractivity contribution in [3.8, 4) is 0 Å². The highest BCUT2D eigenvalue weighted by Crippen LogP contribution is 2.24. The van der Waals surface area contributed by atoms with Crippen LogP contribution in [-0.2, 0) is 6.42 Å².